The third-order valence-corrected chi connectivity index (χ3v) is 3.79. The standard InChI is InChI=1S/C17H23N3O2/c1-11(2)20-10-14(13(4)19-20)9-18-16(17(21)22)15-8-6-5-7-12(15)3/h5-8,10-11,16,18H,9H2,1-4H3,(H,21,22). The maximum atomic E-state index is 11.6. The number of nitrogens with zero attached hydrogens (tertiary/aromatic N) is 2. The molecule has 2 aromatic rings. The van der Waals surface area contributed by atoms with E-state index in [1.165, 1.54) is 0 Å². The van der Waals surface area contributed by atoms with Crippen molar-refractivity contribution in [1.82, 2.24) is 15.1 Å². The molecule has 0 spiro atoms. The zero-order chi connectivity index (χ0) is 16.3. The fraction of sp³-hybridized carbons (Fsp3) is 0.412. The van der Waals surface area contributed by atoms with Crippen molar-refractivity contribution in [1.29, 1.82) is 0 Å². The maximum Gasteiger partial charge on any atom is 0.325 e. The first-order valence-electron chi connectivity index (χ1n) is 7.46. The van der Waals surface area contributed by atoms with Gasteiger partial charge in [-0.05, 0) is 38.8 Å². The minimum absolute atomic E-state index is 0.291. The van der Waals surface area contributed by atoms with Crippen LogP contribution < -0.4 is 5.32 Å². The first kappa shape index (κ1) is 16.2. The minimum atomic E-state index is -0.872. The number of nitrogens with one attached hydrogen (secondary N) is 1. The van der Waals surface area contributed by atoms with Crippen LogP contribution in [0.15, 0.2) is 30.5 Å². The molecule has 1 aromatic carbocycles. The molecule has 2 N–H and O–H groups in total. The molecule has 1 unspecified atom stereocenters. The van der Waals surface area contributed by atoms with Crippen molar-refractivity contribution in [2.45, 2.75) is 46.3 Å². The predicted molar refractivity (Wildman–Crippen MR) is 85.7 cm³/mol. The van der Waals surface area contributed by atoms with Crippen molar-refractivity contribution in [2.24, 2.45) is 0 Å². The molecule has 5 nitrogen and oxygen atoms in total. The summed E-state index contributed by atoms with van der Waals surface area (Å²) in [6, 6.07) is 7.12. The van der Waals surface area contributed by atoms with E-state index in [1.807, 2.05) is 49.0 Å². The normalized spacial score (nSPS) is 12.6. The fourth-order valence-corrected chi connectivity index (χ4v) is 2.41. The van der Waals surface area contributed by atoms with Gasteiger partial charge in [0.2, 0.25) is 0 Å². The Hall–Kier alpha value is -2.14. The molecule has 0 aliphatic rings. The van der Waals surface area contributed by atoms with Crippen molar-refractivity contribution < 1.29 is 9.90 Å². The van der Waals surface area contributed by atoms with E-state index in [4.69, 9.17) is 0 Å². The van der Waals surface area contributed by atoms with Crippen LogP contribution in [0.25, 0.3) is 0 Å². The Morgan fingerprint density at radius 1 is 1.32 bits per heavy atom. The second-order valence-corrected chi connectivity index (χ2v) is 5.82. The van der Waals surface area contributed by atoms with Crippen LogP contribution in [0, 0.1) is 13.8 Å². The molecular weight excluding hydrogens is 278 g/mol. The number of carboxylic acids is 1. The zero-order valence-electron chi connectivity index (χ0n) is 13.5. The average molecular weight is 301 g/mol. The Balaban J connectivity index is 2.17. The van der Waals surface area contributed by atoms with Crippen LogP contribution in [-0.4, -0.2) is 20.9 Å². The van der Waals surface area contributed by atoms with Gasteiger partial charge in [0, 0.05) is 24.3 Å². The van der Waals surface area contributed by atoms with Gasteiger partial charge < -0.3 is 5.11 Å². The van der Waals surface area contributed by atoms with E-state index in [1.54, 1.807) is 0 Å². The largest absolute Gasteiger partial charge is 0.480 e. The van der Waals surface area contributed by atoms with Gasteiger partial charge in [-0.15, -0.1) is 0 Å². The molecule has 0 saturated carbocycles. The number of hydrogen-bond donors (Lipinski definition) is 2. The highest BCUT2D eigenvalue weighted by Gasteiger charge is 2.21. The number of hydrogen-bond acceptors (Lipinski definition) is 3. The molecular formula is C17H23N3O2. The number of carbonyl (C=O) groups is 1. The van der Waals surface area contributed by atoms with E-state index >= 15 is 0 Å². The molecule has 0 amide bonds. The lowest BCUT2D eigenvalue weighted by Gasteiger charge is -2.16. The molecule has 5 heteroatoms. The van der Waals surface area contributed by atoms with Gasteiger partial charge in [0.25, 0.3) is 0 Å². The van der Waals surface area contributed by atoms with Crippen molar-refractivity contribution in [3.63, 3.8) is 0 Å². The van der Waals surface area contributed by atoms with Crippen molar-refractivity contribution in [2.75, 3.05) is 0 Å². The van der Waals surface area contributed by atoms with Crippen LogP contribution in [0.5, 0.6) is 0 Å². The molecule has 118 valence electrons. The molecule has 1 heterocycles. The summed E-state index contributed by atoms with van der Waals surface area (Å²) in [6.07, 6.45) is 1.98. The minimum Gasteiger partial charge on any atom is -0.480 e. The zero-order valence-corrected chi connectivity index (χ0v) is 13.5. The highest BCUT2D eigenvalue weighted by Crippen LogP contribution is 2.19. The molecule has 0 fully saturated rings. The summed E-state index contributed by atoms with van der Waals surface area (Å²) in [5.41, 5.74) is 3.71. The number of benzene rings is 1. The molecule has 0 radical (unpaired) electrons. The number of carboxylic acid groups (broad SMARTS) is 1. The maximum absolute atomic E-state index is 11.6. The van der Waals surface area contributed by atoms with E-state index < -0.39 is 12.0 Å². The summed E-state index contributed by atoms with van der Waals surface area (Å²) in [6.45, 7) is 8.48. The lowest BCUT2D eigenvalue weighted by atomic mass is 10.0. The molecule has 0 aliphatic carbocycles. The van der Waals surface area contributed by atoms with Crippen LogP contribution in [0.3, 0.4) is 0 Å². The van der Waals surface area contributed by atoms with Gasteiger partial charge >= 0.3 is 5.97 Å². The Morgan fingerprint density at radius 2 is 2.00 bits per heavy atom. The van der Waals surface area contributed by atoms with Gasteiger partial charge in [0.15, 0.2) is 0 Å². The molecule has 1 aromatic heterocycles. The molecule has 22 heavy (non-hydrogen) atoms. The first-order valence-corrected chi connectivity index (χ1v) is 7.46. The van der Waals surface area contributed by atoms with Crippen LogP contribution >= 0.6 is 0 Å². The summed E-state index contributed by atoms with van der Waals surface area (Å²) < 4.78 is 1.90. The van der Waals surface area contributed by atoms with E-state index in [9.17, 15) is 9.90 Å². The van der Waals surface area contributed by atoms with Gasteiger partial charge in [0.05, 0.1) is 5.69 Å². The van der Waals surface area contributed by atoms with E-state index in [0.717, 1.165) is 22.4 Å². The number of rotatable bonds is 6. The predicted octanol–water partition coefficient (Wildman–Crippen LogP) is 3.00. The number of aromatic nitrogens is 2. The number of aryl methyl sites for hydroxylation is 2. The average Bonchev–Trinajstić information content (AvgIpc) is 2.82. The lowest BCUT2D eigenvalue weighted by molar-refractivity contribution is -0.139. The van der Waals surface area contributed by atoms with Crippen molar-refractivity contribution >= 4 is 5.97 Å². The highest BCUT2D eigenvalue weighted by molar-refractivity contribution is 5.76. The molecule has 2 rings (SSSR count). The smallest absolute Gasteiger partial charge is 0.325 e. The summed E-state index contributed by atoms with van der Waals surface area (Å²) in [5.74, 6) is -0.872. The molecule has 0 bridgehead atoms. The van der Waals surface area contributed by atoms with E-state index in [-0.39, 0.29) is 0 Å². The first-order chi connectivity index (χ1) is 10.4. The molecule has 0 saturated heterocycles. The van der Waals surface area contributed by atoms with Gasteiger partial charge in [-0.2, -0.15) is 5.10 Å². The second kappa shape index (κ2) is 6.75. The van der Waals surface area contributed by atoms with Crippen molar-refractivity contribution in [3.05, 3.63) is 52.8 Å². The summed E-state index contributed by atoms with van der Waals surface area (Å²) in [7, 11) is 0. The highest BCUT2D eigenvalue weighted by atomic mass is 16.4. The van der Waals surface area contributed by atoms with E-state index in [0.29, 0.717) is 12.6 Å². The Bertz CT molecular complexity index is 662. The second-order valence-electron chi connectivity index (χ2n) is 5.82. The molecule has 0 aliphatic heterocycles. The van der Waals surface area contributed by atoms with Crippen molar-refractivity contribution in [3.8, 4) is 0 Å². The lowest BCUT2D eigenvalue weighted by Crippen LogP contribution is -2.28. The third kappa shape index (κ3) is 3.54. The quantitative estimate of drug-likeness (QED) is 0.860. The topological polar surface area (TPSA) is 67.2 Å². The Kier molecular flexibility index (Phi) is 4.98. The Labute approximate surface area is 131 Å². The summed E-state index contributed by atoms with van der Waals surface area (Å²) in [4.78, 5) is 11.6. The van der Waals surface area contributed by atoms with Crippen LogP contribution in [-0.2, 0) is 11.3 Å². The van der Waals surface area contributed by atoms with Gasteiger partial charge in [0.1, 0.15) is 6.04 Å². The number of aliphatic carboxylic acids is 1. The Morgan fingerprint density at radius 3 is 2.55 bits per heavy atom. The van der Waals surface area contributed by atoms with Gasteiger partial charge in [-0.3, -0.25) is 14.8 Å². The van der Waals surface area contributed by atoms with Crippen LogP contribution in [0.4, 0.5) is 0 Å². The SMILES string of the molecule is Cc1ccccc1C(NCc1cn(C(C)C)nc1C)C(=O)O. The van der Waals surface area contributed by atoms with Crippen LogP contribution in [0.1, 0.15) is 48.3 Å². The van der Waals surface area contributed by atoms with Gasteiger partial charge in [-0.25, -0.2) is 0 Å². The fourth-order valence-electron chi connectivity index (χ4n) is 2.41. The van der Waals surface area contributed by atoms with Crippen LogP contribution in [0.2, 0.25) is 0 Å². The molecule has 1 atom stereocenters. The third-order valence-electron chi connectivity index (χ3n) is 3.79. The summed E-state index contributed by atoms with van der Waals surface area (Å²) >= 11 is 0. The van der Waals surface area contributed by atoms with Gasteiger partial charge in [-0.1, -0.05) is 24.3 Å². The van der Waals surface area contributed by atoms with E-state index in [2.05, 4.69) is 24.3 Å². The summed E-state index contributed by atoms with van der Waals surface area (Å²) in [5, 5.41) is 17.1. The monoisotopic (exact) mass is 301 g/mol.